The van der Waals surface area contributed by atoms with Gasteiger partial charge in [-0.2, -0.15) is 0 Å². The van der Waals surface area contributed by atoms with Crippen LogP contribution in [0.1, 0.15) is 188 Å². The van der Waals surface area contributed by atoms with Gasteiger partial charge in [0, 0.05) is 19.3 Å². The van der Waals surface area contributed by atoms with Gasteiger partial charge in [-0.1, -0.05) is 249 Å². The highest BCUT2D eigenvalue weighted by Crippen LogP contribution is 2.13. The molecule has 0 N–H and O–H groups in total. The fourth-order valence-corrected chi connectivity index (χ4v) is 6.43. The first-order chi connectivity index (χ1) is 33.0. The molecule has 0 rings (SSSR count). The number of carbonyl (C=O) groups is 3. The lowest BCUT2D eigenvalue weighted by Crippen LogP contribution is -2.30. The first kappa shape index (κ1) is 62.0. The Morgan fingerprint density at radius 3 is 1.00 bits per heavy atom. The Labute approximate surface area is 409 Å². The van der Waals surface area contributed by atoms with Crippen LogP contribution in [-0.4, -0.2) is 37.2 Å². The summed E-state index contributed by atoms with van der Waals surface area (Å²) in [7, 11) is 0. The maximum absolute atomic E-state index is 12.8. The normalized spacial score (nSPS) is 13.4. The summed E-state index contributed by atoms with van der Waals surface area (Å²) in [6.07, 6.45) is 78.0. The van der Waals surface area contributed by atoms with E-state index in [1.165, 1.54) is 77.0 Å². The summed E-state index contributed by atoms with van der Waals surface area (Å²) in [5.41, 5.74) is 0. The Morgan fingerprint density at radius 1 is 0.313 bits per heavy atom. The molecule has 0 saturated carbocycles. The monoisotopic (exact) mass is 921 g/mol. The second kappa shape index (κ2) is 53.6. The number of hydrogen-bond acceptors (Lipinski definition) is 6. The van der Waals surface area contributed by atoms with Gasteiger partial charge < -0.3 is 14.2 Å². The van der Waals surface area contributed by atoms with E-state index < -0.39 is 6.10 Å². The van der Waals surface area contributed by atoms with Gasteiger partial charge in [0.1, 0.15) is 13.2 Å². The Balaban J connectivity index is 4.58. The Kier molecular flexibility index (Phi) is 49.7. The van der Waals surface area contributed by atoms with Gasteiger partial charge in [-0.25, -0.2) is 0 Å². The third-order valence-electron chi connectivity index (χ3n) is 10.3. The second-order valence-corrected chi connectivity index (χ2v) is 16.6. The van der Waals surface area contributed by atoms with Crippen LogP contribution < -0.4 is 0 Å². The van der Waals surface area contributed by atoms with Crippen LogP contribution in [0.5, 0.6) is 0 Å². The van der Waals surface area contributed by atoms with Crippen molar-refractivity contribution in [3.63, 3.8) is 0 Å². The summed E-state index contributed by atoms with van der Waals surface area (Å²) >= 11 is 0. The van der Waals surface area contributed by atoms with Crippen molar-refractivity contribution in [3.05, 3.63) is 158 Å². The summed E-state index contributed by atoms with van der Waals surface area (Å²) in [5, 5.41) is 0. The molecule has 0 aromatic rings. The van der Waals surface area contributed by atoms with Gasteiger partial charge in [-0.15, -0.1) is 0 Å². The largest absolute Gasteiger partial charge is 0.462 e. The topological polar surface area (TPSA) is 78.9 Å². The van der Waals surface area contributed by atoms with Gasteiger partial charge in [0.15, 0.2) is 6.10 Å². The van der Waals surface area contributed by atoms with E-state index in [9.17, 15) is 14.4 Å². The number of carbonyl (C=O) groups excluding carboxylic acids is 3. The average Bonchev–Trinajstić information content (AvgIpc) is 3.33. The van der Waals surface area contributed by atoms with E-state index in [4.69, 9.17) is 14.2 Å². The predicted octanol–water partition coefficient (Wildman–Crippen LogP) is 17.4. The van der Waals surface area contributed by atoms with Crippen molar-refractivity contribution in [3.8, 4) is 0 Å². The van der Waals surface area contributed by atoms with E-state index >= 15 is 0 Å². The van der Waals surface area contributed by atoms with Crippen LogP contribution in [0.15, 0.2) is 158 Å². The van der Waals surface area contributed by atoms with Crippen LogP contribution in [0.4, 0.5) is 0 Å². The van der Waals surface area contributed by atoms with Crippen LogP contribution in [0.2, 0.25) is 0 Å². The Morgan fingerprint density at radius 2 is 0.597 bits per heavy atom. The molecule has 0 amide bonds. The zero-order valence-electron chi connectivity index (χ0n) is 42.3. The zero-order valence-corrected chi connectivity index (χ0v) is 42.3. The number of esters is 3. The molecule has 0 aliphatic rings. The van der Waals surface area contributed by atoms with Crippen molar-refractivity contribution in [1.29, 1.82) is 0 Å². The minimum absolute atomic E-state index is 0.128. The zero-order chi connectivity index (χ0) is 48.6. The molecule has 1 unspecified atom stereocenters. The number of rotatable bonds is 44. The van der Waals surface area contributed by atoms with Crippen molar-refractivity contribution in [2.45, 2.75) is 194 Å². The molecule has 0 aliphatic carbocycles. The van der Waals surface area contributed by atoms with Crippen LogP contribution in [0, 0.1) is 0 Å². The fraction of sp³-hybridized carbons (Fsp3) is 0.525. The van der Waals surface area contributed by atoms with E-state index in [1.54, 1.807) is 0 Å². The van der Waals surface area contributed by atoms with Gasteiger partial charge in [-0.3, -0.25) is 14.4 Å². The van der Waals surface area contributed by atoms with Crippen LogP contribution in [0.25, 0.3) is 0 Å². The highest BCUT2D eigenvalue weighted by Gasteiger charge is 2.19. The maximum atomic E-state index is 12.8. The van der Waals surface area contributed by atoms with Crippen molar-refractivity contribution in [1.82, 2.24) is 0 Å². The predicted molar refractivity (Wildman–Crippen MR) is 288 cm³/mol. The quantitative estimate of drug-likeness (QED) is 0.0262. The summed E-state index contributed by atoms with van der Waals surface area (Å²) in [6, 6.07) is 0. The fourth-order valence-electron chi connectivity index (χ4n) is 6.43. The summed E-state index contributed by atoms with van der Waals surface area (Å²) in [4.78, 5) is 38.0. The van der Waals surface area contributed by atoms with Crippen molar-refractivity contribution in [2.24, 2.45) is 0 Å². The van der Waals surface area contributed by atoms with Gasteiger partial charge in [0.2, 0.25) is 0 Å². The van der Waals surface area contributed by atoms with Crippen LogP contribution >= 0.6 is 0 Å². The van der Waals surface area contributed by atoms with Gasteiger partial charge in [0.05, 0.1) is 0 Å². The molecule has 0 radical (unpaired) electrons. The smallest absolute Gasteiger partial charge is 0.306 e. The minimum Gasteiger partial charge on any atom is -0.462 e. The van der Waals surface area contributed by atoms with Crippen LogP contribution in [0.3, 0.4) is 0 Å². The summed E-state index contributed by atoms with van der Waals surface area (Å²) in [6.45, 7) is 6.19. The van der Waals surface area contributed by atoms with E-state index in [0.29, 0.717) is 19.3 Å². The molecule has 67 heavy (non-hydrogen) atoms. The third kappa shape index (κ3) is 51.9. The minimum atomic E-state index is -0.839. The molecule has 1 atom stereocenters. The molecular formula is C61H92O6. The second-order valence-electron chi connectivity index (χ2n) is 16.6. The molecule has 6 nitrogen and oxygen atoms in total. The molecule has 0 aromatic carbocycles. The molecule has 0 aromatic heterocycles. The molecule has 0 heterocycles. The first-order valence-corrected chi connectivity index (χ1v) is 26.2. The lowest BCUT2D eigenvalue weighted by molar-refractivity contribution is -0.167. The molecule has 0 saturated heterocycles. The van der Waals surface area contributed by atoms with Gasteiger partial charge >= 0.3 is 17.9 Å². The summed E-state index contributed by atoms with van der Waals surface area (Å²) < 4.78 is 16.7. The SMILES string of the molecule is CC/C=C/C=C/C=C/C=C/C=C/C=C/CCCCCC(=O)OC(COC(=O)CCC/C=C/C=C/C=C/C=C/C=C/CC)COC(=O)CCCCCCCCCCCC/C=C/C=C/CCCCC. The lowest BCUT2D eigenvalue weighted by atomic mass is 10.1. The van der Waals surface area contributed by atoms with Crippen molar-refractivity contribution < 1.29 is 28.6 Å². The number of unbranched alkanes of at least 4 members (excludes halogenated alkanes) is 17. The van der Waals surface area contributed by atoms with E-state index in [0.717, 1.165) is 57.8 Å². The molecule has 0 aliphatic heterocycles. The van der Waals surface area contributed by atoms with Crippen molar-refractivity contribution in [2.75, 3.05) is 13.2 Å². The summed E-state index contributed by atoms with van der Waals surface area (Å²) in [5.74, 6) is -1.07. The average molecular weight is 921 g/mol. The highest BCUT2D eigenvalue weighted by molar-refractivity contribution is 5.71. The maximum Gasteiger partial charge on any atom is 0.306 e. The number of allylic oxidation sites excluding steroid dienone is 26. The molecule has 0 fully saturated rings. The number of ether oxygens (including phenoxy) is 3. The standard InChI is InChI=1S/C61H92O6/c1-4-7-10-13-16-19-22-25-27-29-30-32-33-36-39-42-45-48-51-54-60(63)66-57-58(56-65-59(62)53-50-47-44-41-38-35-24-21-18-15-12-9-6-3)67-61(64)55-52-49-46-43-40-37-34-31-28-26-23-20-17-14-11-8-5-2/h8-9,11-12,14-26,28,31,34-35,37-38,40-41,44,58H,4-7,10,13,27,29-30,32-33,36,39,42-43,45-57H2,1-3H3/b11-8+,12-9+,17-14+,18-15+,19-16+,23-20+,24-21+,25-22+,28-26+,34-31+,38-35+,40-37+,44-41+. The molecule has 6 heteroatoms. The van der Waals surface area contributed by atoms with Crippen LogP contribution in [-0.2, 0) is 28.6 Å². The molecule has 0 spiro atoms. The van der Waals surface area contributed by atoms with Gasteiger partial charge in [0.25, 0.3) is 0 Å². The van der Waals surface area contributed by atoms with Crippen molar-refractivity contribution >= 4 is 17.9 Å². The van der Waals surface area contributed by atoms with E-state index in [-0.39, 0.29) is 44.0 Å². The van der Waals surface area contributed by atoms with Gasteiger partial charge in [-0.05, 0) is 77.0 Å². The Hall–Kier alpha value is -4.97. The third-order valence-corrected chi connectivity index (χ3v) is 10.3. The molecule has 372 valence electrons. The molecule has 0 bridgehead atoms. The molecular weight excluding hydrogens is 829 g/mol. The lowest BCUT2D eigenvalue weighted by Gasteiger charge is -2.18. The van der Waals surface area contributed by atoms with E-state index in [2.05, 4.69) is 63.3 Å². The first-order valence-electron chi connectivity index (χ1n) is 26.2. The Bertz CT molecular complexity index is 1570. The van der Waals surface area contributed by atoms with E-state index in [1.807, 2.05) is 115 Å². The number of hydrogen-bond donors (Lipinski definition) is 0. The highest BCUT2D eigenvalue weighted by atomic mass is 16.6.